The molecule has 0 atom stereocenters. The fourth-order valence-electron chi connectivity index (χ4n) is 3.60. The summed E-state index contributed by atoms with van der Waals surface area (Å²) in [5.74, 6) is 0.518. The molecule has 0 saturated heterocycles. The van der Waals surface area contributed by atoms with Crippen molar-refractivity contribution in [2.45, 2.75) is 32.3 Å². The van der Waals surface area contributed by atoms with E-state index in [9.17, 15) is 4.79 Å². The molecule has 6 nitrogen and oxygen atoms in total. The van der Waals surface area contributed by atoms with Gasteiger partial charge in [-0.25, -0.2) is 4.98 Å². The molecule has 0 fully saturated rings. The summed E-state index contributed by atoms with van der Waals surface area (Å²) >= 11 is 0. The summed E-state index contributed by atoms with van der Waals surface area (Å²) in [7, 11) is 3.49. The van der Waals surface area contributed by atoms with Gasteiger partial charge in [-0.3, -0.25) is 14.8 Å². The normalized spacial score (nSPS) is 12.5. The molecule has 0 saturated carbocycles. The lowest BCUT2D eigenvalue weighted by molar-refractivity contribution is 0.0827. The Kier molecular flexibility index (Phi) is 7.00. The molecule has 0 spiro atoms. The zero-order valence-electron chi connectivity index (χ0n) is 17.2. The predicted molar refractivity (Wildman–Crippen MR) is 118 cm³/mol. The zero-order valence-corrected chi connectivity index (χ0v) is 18.0. The minimum Gasteiger partial charge on any atom is -0.471 e. The molecule has 7 heteroatoms. The van der Waals surface area contributed by atoms with Crippen LogP contribution in [0.1, 0.15) is 40.2 Å². The quantitative estimate of drug-likeness (QED) is 0.616. The lowest BCUT2D eigenvalue weighted by Gasteiger charge is -2.20. The second-order valence-corrected chi connectivity index (χ2v) is 7.41. The first-order chi connectivity index (χ1) is 14.1. The fourth-order valence-corrected chi connectivity index (χ4v) is 3.60. The van der Waals surface area contributed by atoms with E-state index in [2.05, 4.69) is 9.97 Å². The van der Waals surface area contributed by atoms with Crippen molar-refractivity contribution in [1.82, 2.24) is 19.9 Å². The van der Waals surface area contributed by atoms with Gasteiger partial charge >= 0.3 is 0 Å². The van der Waals surface area contributed by atoms with Gasteiger partial charge in [0.15, 0.2) is 0 Å². The highest BCUT2D eigenvalue weighted by molar-refractivity contribution is 5.94. The van der Waals surface area contributed by atoms with Crippen LogP contribution < -0.4 is 4.74 Å². The number of hydrogen-bond acceptors (Lipinski definition) is 5. The van der Waals surface area contributed by atoms with Gasteiger partial charge in [0.2, 0.25) is 5.88 Å². The number of carbonyl (C=O) groups excluding carboxylic acids is 1. The molecule has 1 aliphatic carbocycles. The van der Waals surface area contributed by atoms with E-state index in [0.29, 0.717) is 18.1 Å². The molecule has 156 valence electrons. The summed E-state index contributed by atoms with van der Waals surface area (Å²) in [4.78, 5) is 27.3. The number of amides is 1. The molecule has 1 aliphatic rings. The van der Waals surface area contributed by atoms with E-state index >= 15 is 0 Å². The van der Waals surface area contributed by atoms with Crippen LogP contribution in [0.25, 0.3) is 11.1 Å². The number of ether oxygens (including phenoxy) is 1. The Morgan fingerprint density at radius 3 is 2.73 bits per heavy atom. The molecule has 1 amide bonds. The Hall–Kier alpha value is -2.99. The zero-order chi connectivity index (χ0) is 20.2. The van der Waals surface area contributed by atoms with Crippen LogP contribution in [0.2, 0.25) is 0 Å². The van der Waals surface area contributed by atoms with E-state index in [0.717, 1.165) is 48.2 Å². The maximum Gasteiger partial charge on any atom is 0.254 e. The molecule has 0 bridgehead atoms. The predicted octanol–water partition coefficient (Wildman–Crippen LogP) is 4.12. The van der Waals surface area contributed by atoms with E-state index in [-0.39, 0.29) is 18.3 Å². The Bertz CT molecular complexity index is 1020. The van der Waals surface area contributed by atoms with E-state index in [1.165, 1.54) is 5.56 Å². The van der Waals surface area contributed by atoms with E-state index in [1.807, 2.05) is 30.3 Å². The van der Waals surface area contributed by atoms with Crippen LogP contribution in [0.5, 0.6) is 5.88 Å². The Labute approximate surface area is 182 Å². The molecular formula is C23H25ClN4O2. The van der Waals surface area contributed by atoms with Crippen molar-refractivity contribution in [2.75, 3.05) is 14.1 Å². The summed E-state index contributed by atoms with van der Waals surface area (Å²) in [5, 5.41) is 0. The Morgan fingerprint density at radius 2 is 1.97 bits per heavy atom. The van der Waals surface area contributed by atoms with Crippen molar-refractivity contribution in [3.63, 3.8) is 0 Å². The van der Waals surface area contributed by atoms with Crippen LogP contribution >= 0.6 is 12.4 Å². The molecule has 0 aliphatic heterocycles. The summed E-state index contributed by atoms with van der Waals surface area (Å²) in [5.41, 5.74) is 5.71. The number of carbonyl (C=O) groups is 1. The van der Waals surface area contributed by atoms with Gasteiger partial charge in [-0.1, -0.05) is 6.07 Å². The number of hydrogen-bond donors (Lipinski definition) is 0. The van der Waals surface area contributed by atoms with Crippen molar-refractivity contribution in [3.8, 4) is 17.0 Å². The molecule has 4 rings (SSSR count). The standard InChI is InChI=1S/C23H24N4O2.ClH/c1-27(2)23(28)17-11-16(13-24-14-17)20-12-22(26-21-9-4-3-8-19(20)21)29-15-18-7-5-6-10-25-18;/h5-7,10-14H,3-4,8-9,15H2,1-2H3;1H. The second kappa shape index (κ2) is 9.67. The van der Waals surface area contributed by atoms with Gasteiger partial charge in [0.25, 0.3) is 5.91 Å². The minimum atomic E-state index is -0.0612. The Morgan fingerprint density at radius 1 is 1.13 bits per heavy atom. The Balaban J connectivity index is 0.00000256. The first-order valence-electron chi connectivity index (χ1n) is 9.84. The van der Waals surface area contributed by atoms with E-state index in [1.54, 1.807) is 37.6 Å². The molecule has 3 aromatic rings. The number of halogens is 1. The highest BCUT2D eigenvalue weighted by Crippen LogP contribution is 2.33. The smallest absolute Gasteiger partial charge is 0.254 e. The first-order valence-corrected chi connectivity index (χ1v) is 9.84. The van der Waals surface area contributed by atoms with Crippen LogP contribution in [-0.4, -0.2) is 39.9 Å². The molecular weight excluding hydrogens is 400 g/mol. The third kappa shape index (κ3) is 4.76. The molecule has 30 heavy (non-hydrogen) atoms. The van der Waals surface area contributed by atoms with Crippen molar-refractivity contribution in [3.05, 3.63) is 71.4 Å². The monoisotopic (exact) mass is 424 g/mol. The van der Waals surface area contributed by atoms with Crippen molar-refractivity contribution >= 4 is 18.3 Å². The van der Waals surface area contributed by atoms with E-state index in [4.69, 9.17) is 9.72 Å². The topological polar surface area (TPSA) is 68.2 Å². The number of fused-ring (bicyclic) bond motifs is 1. The van der Waals surface area contributed by atoms with Gasteiger partial charge in [-0.15, -0.1) is 12.4 Å². The van der Waals surface area contributed by atoms with Gasteiger partial charge < -0.3 is 9.64 Å². The lowest BCUT2D eigenvalue weighted by atomic mass is 9.89. The van der Waals surface area contributed by atoms with Gasteiger partial charge in [-0.2, -0.15) is 0 Å². The molecule has 3 aromatic heterocycles. The van der Waals surface area contributed by atoms with Gasteiger partial charge in [0.1, 0.15) is 6.61 Å². The SMILES string of the molecule is CN(C)C(=O)c1cncc(-c2cc(OCc3ccccn3)nc3c2CCCC3)c1.Cl. The molecule has 0 aromatic carbocycles. The van der Waals surface area contributed by atoms with Crippen molar-refractivity contribution in [1.29, 1.82) is 0 Å². The third-order valence-corrected chi connectivity index (χ3v) is 5.07. The van der Waals surface area contributed by atoms with Crippen molar-refractivity contribution in [2.24, 2.45) is 0 Å². The molecule has 0 N–H and O–H groups in total. The third-order valence-electron chi connectivity index (χ3n) is 5.07. The average Bonchev–Trinajstić information content (AvgIpc) is 2.77. The lowest BCUT2D eigenvalue weighted by Crippen LogP contribution is -2.21. The number of nitrogens with zero attached hydrogens (tertiary/aromatic N) is 4. The van der Waals surface area contributed by atoms with Gasteiger partial charge in [-0.05, 0) is 55.0 Å². The maximum absolute atomic E-state index is 12.4. The summed E-state index contributed by atoms with van der Waals surface area (Å²) < 4.78 is 5.97. The van der Waals surface area contributed by atoms with Crippen LogP contribution in [-0.2, 0) is 19.4 Å². The number of aromatic nitrogens is 3. The number of rotatable bonds is 5. The average molecular weight is 425 g/mol. The van der Waals surface area contributed by atoms with Crippen LogP contribution in [0.15, 0.2) is 48.9 Å². The van der Waals surface area contributed by atoms with Crippen LogP contribution in [0, 0.1) is 0 Å². The van der Waals surface area contributed by atoms with Crippen LogP contribution in [0.4, 0.5) is 0 Å². The summed E-state index contributed by atoms with van der Waals surface area (Å²) in [6.07, 6.45) is 9.34. The van der Waals surface area contributed by atoms with Crippen LogP contribution in [0.3, 0.4) is 0 Å². The number of aryl methyl sites for hydroxylation is 1. The first kappa shape index (κ1) is 21.7. The molecule has 3 heterocycles. The highest BCUT2D eigenvalue weighted by atomic mass is 35.5. The van der Waals surface area contributed by atoms with E-state index < -0.39 is 0 Å². The second-order valence-electron chi connectivity index (χ2n) is 7.41. The van der Waals surface area contributed by atoms with Gasteiger partial charge in [0.05, 0.1) is 11.3 Å². The minimum absolute atomic E-state index is 0. The summed E-state index contributed by atoms with van der Waals surface area (Å²) in [6.45, 7) is 0.365. The molecule has 0 unspecified atom stereocenters. The highest BCUT2D eigenvalue weighted by Gasteiger charge is 2.19. The maximum atomic E-state index is 12.4. The molecule has 0 radical (unpaired) electrons. The number of pyridine rings is 3. The summed E-state index contributed by atoms with van der Waals surface area (Å²) in [6, 6.07) is 9.62. The largest absolute Gasteiger partial charge is 0.471 e. The fraction of sp³-hybridized carbons (Fsp3) is 0.304. The van der Waals surface area contributed by atoms with Gasteiger partial charge in [0, 0.05) is 50.0 Å². The van der Waals surface area contributed by atoms with Crippen molar-refractivity contribution < 1.29 is 9.53 Å².